The highest BCUT2D eigenvalue weighted by Crippen LogP contribution is 2.24. The summed E-state index contributed by atoms with van der Waals surface area (Å²) in [5.41, 5.74) is 2.72. The van der Waals surface area contributed by atoms with E-state index < -0.39 is 0 Å². The lowest BCUT2D eigenvalue weighted by molar-refractivity contribution is -0.00526. The van der Waals surface area contributed by atoms with Crippen molar-refractivity contribution in [1.29, 1.82) is 0 Å². The molecule has 2 atom stereocenters. The van der Waals surface area contributed by atoms with Gasteiger partial charge in [-0.05, 0) is 25.5 Å². The summed E-state index contributed by atoms with van der Waals surface area (Å²) in [6.45, 7) is 11.5. The molecule has 1 aliphatic rings. The lowest BCUT2D eigenvalue weighted by Gasteiger charge is -2.38. The van der Waals surface area contributed by atoms with Crippen LogP contribution in [0.5, 0.6) is 0 Å². The first kappa shape index (κ1) is 14.4. The van der Waals surface area contributed by atoms with Gasteiger partial charge in [-0.1, -0.05) is 32.0 Å². The van der Waals surface area contributed by atoms with Gasteiger partial charge in [0.05, 0.1) is 12.2 Å². The van der Waals surface area contributed by atoms with Crippen LogP contribution in [0.1, 0.15) is 33.3 Å². The van der Waals surface area contributed by atoms with E-state index in [2.05, 4.69) is 62.2 Å². The summed E-state index contributed by atoms with van der Waals surface area (Å²) in [7, 11) is 0. The van der Waals surface area contributed by atoms with E-state index in [-0.39, 0.29) is 0 Å². The van der Waals surface area contributed by atoms with E-state index in [0.717, 1.165) is 19.6 Å². The first-order chi connectivity index (χ1) is 9.06. The first-order valence-electron chi connectivity index (χ1n) is 7.28. The molecule has 1 heterocycles. The molecule has 1 N–H and O–H groups in total. The summed E-state index contributed by atoms with van der Waals surface area (Å²) >= 11 is 0. The molecule has 106 valence electrons. The highest BCUT2D eigenvalue weighted by Gasteiger charge is 2.23. The maximum atomic E-state index is 5.82. The molecule has 0 radical (unpaired) electrons. The number of rotatable bonds is 4. The number of nitrogens with one attached hydrogen (secondary N) is 1. The van der Waals surface area contributed by atoms with Crippen molar-refractivity contribution in [3.8, 4) is 0 Å². The van der Waals surface area contributed by atoms with E-state index in [0.29, 0.717) is 18.2 Å². The van der Waals surface area contributed by atoms with Crippen molar-refractivity contribution in [1.82, 2.24) is 5.32 Å². The molecule has 0 bridgehead atoms. The second kappa shape index (κ2) is 6.40. The Morgan fingerprint density at radius 2 is 1.84 bits per heavy atom. The second-order valence-corrected chi connectivity index (χ2v) is 5.83. The zero-order valence-corrected chi connectivity index (χ0v) is 12.5. The molecule has 2 rings (SSSR count). The summed E-state index contributed by atoms with van der Waals surface area (Å²) in [5.74, 6) is 0. The smallest absolute Gasteiger partial charge is 0.0726 e. The molecule has 1 aliphatic heterocycles. The minimum Gasteiger partial charge on any atom is -0.372 e. The third kappa shape index (κ3) is 3.95. The lowest BCUT2D eigenvalue weighted by Crippen LogP contribution is -2.46. The van der Waals surface area contributed by atoms with E-state index in [1.165, 1.54) is 11.3 Å². The van der Waals surface area contributed by atoms with Crippen molar-refractivity contribution in [2.24, 2.45) is 0 Å². The van der Waals surface area contributed by atoms with Crippen LogP contribution in [0.4, 0.5) is 5.69 Å². The third-order valence-corrected chi connectivity index (χ3v) is 3.45. The summed E-state index contributed by atoms with van der Waals surface area (Å²) in [6, 6.07) is 9.20. The predicted molar refractivity (Wildman–Crippen MR) is 80.6 cm³/mol. The highest BCUT2D eigenvalue weighted by molar-refractivity contribution is 5.54. The Bertz CT molecular complexity index is 395. The van der Waals surface area contributed by atoms with Gasteiger partial charge < -0.3 is 15.0 Å². The molecular formula is C16H26N2O. The summed E-state index contributed by atoms with van der Waals surface area (Å²) < 4.78 is 5.82. The molecule has 0 amide bonds. The summed E-state index contributed by atoms with van der Waals surface area (Å²) in [4.78, 5) is 2.45. The maximum absolute atomic E-state index is 5.82. The minimum absolute atomic E-state index is 0.301. The fourth-order valence-electron chi connectivity index (χ4n) is 2.66. The number of ether oxygens (including phenoxy) is 1. The normalized spacial score (nSPS) is 23.9. The molecule has 0 unspecified atom stereocenters. The van der Waals surface area contributed by atoms with E-state index in [1.54, 1.807) is 0 Å². The van der Waals surface area contributed by atoms with Gasteiger partial charge in [-0.25, -0.2) is 0 Å². The summed E-state index contributed by atoms with van der Waals surface area (Å²) in [6.07, 6.45) is 0.602. The lowest BCUT2D eigenvalue weighted by atomic mass is 10.1. The fraction of sp³-hybridized carbons (Fsp3) is 0.625. The fourth-order valence-corrected chi connectivity index (χ4v) is 2.66. The van der Waals surface area contributed by atoms with Crippen LogP contribution in [0.15, 0.2) is 24.3 Å². The van der Waals surface area contributed by atoms with Crippen LogP contribution in [0, 0.1) is 0 Å². The van der Waals surface area contributed by atoms with E-state index in [9.17, 15) is 0 Å². The van der Waals surface area contributed by atoms with E-state index in [4.69, 9.17) is 4.74 Å². The number of benzene rings is 1. The minimum atomic E-state index is 0.301. The molecule has 1 aromatic rings. The molecule has 1 aromatic carbocycles. The van der Waals surface area contributed by atoms with E-state index >= 15 is 0 Å². The largest absolute Gasteiger partial charge is 0.372 e. The van der Waals surface area contributed by atoms with Crippen LogP contribution >= 0.6 is 0 Å². The molecule has 0 aliphatic carbocycles. The van der Waals surface area contributed by atoms with Crippen molar-refractivity contribution in [2.45, 2.75) is 52.5 Å². The van der Waals surface area contributed by atoms with Crippen LogP contribution in [0.25, 0.3) is 0 Å². The number of hydrogen-bond acceptors (Lipinski definition) is 3. The zero-order valence-electron chi connectivity index (χ0n) is 12.5. The van der Waals surface area contributed by atoms with Crippen LogP contribution in [0.3, 0.4) is 0 Å². The molecule has 0 saturated carbocycles. The Balaban J connectivity index is 2.14. The number of anilines is 1. The monoisotopic (exact) mass is 262 g/mol. The molecule has 1 fully saturated rings. The molecular weight excluding hydrogens is 236 g/mol. The van der Waals surface area contributed by atoms with Gasteiger partial charge in [-0.2, -0.15) is 0 Å². The number of para-hydroxylation sites is 1. The number of nitrogens with zero attached hydrogens (tertiary/aromatic N) is 1. The molecule has 3 nitrogen and oxygen atoms in total. The van der Waals surface area contributed by atoms with Gasteiger partial charge in [0.25, 0.3) is 0 Å². The Kier molecular flexibility index (Phi) is 4.83. The van der Waals surface area contributed by atoms with Gasteiger partial charge in [0.1, 0.15) is 0 Å². The maximum Gasteiger partial charge on any atom is 0.0726 e. The van der Waals surface area contributed by atoms with Crippen molar-refractivity contribution in [3.63, 3.8) is 0 Å². The van der Waals surface area contributed by atoms with Crippen molar-refractivity contribution >= 4 is 5.69 Å². The van der Waals surface area contributed by atoms with Crippen LogP contribution < -0.4 is 10.2 Å². The van der Waals surface area contributed by atoms with Gasteiger partial charge in [0, 0.05) is 31.4 Å². The molecule has 1 saturated heterocycles. The Hall–Kier alpha value is -1.06. The second-order valence-electron chi connectivity index (χ2n) is 5.83. The van der Waals surface area contributed by atoms with Crippen LogP contribution in [-0.4, -0.2) is 31.3 Å². The number of hydrogen-bond donors (Lipinski definition) is 1. The molecule has 0 aromatic heterocycles. The SMILES string of the molecule is CC(C)NCc1ccccc1N1C[C@@H](C)O[C@@H](C)C1. The Morgan fingerprint density at radius 3 is 2.47 bits per heavy atom. The average Bonchev–Trinajstić information content (AvgIpc) is 2.35. The van der Waals surface area contributed by atoms with Crippen LogP contribution in [0.2, 0.25) is 0 Å². The van der Waals surface area contributed by atoms with Gasteiger partial charge in [0.15, 0.2) is 0 Å². The Morgan fingerprint density at radius 1 is 1.21 bits per heavy atom. The van der Waals surface area contributed by atoms with Gasteiger partial charge in [-0.15, -0.1) is 0 Å². The first-order valence-corrected chi connectivity index (χ1v) is 7.28. The Labute approximate surface area is 116 Å². The highest BCUT2D eigenvalue weighted by atomic mass is 16.5. The molecule has 19 heavy (non-hydrogen) atoms. The van der Waals surface area contributed by atoms with Crippen molar-refractivity contribution in [3.05, 3.63) is 29.8 Å². The van der Waals surface area contributed by atoms with Crippen LogP contribution in [-0.2, 0) is 11.3 Å². The molecule has 0 spiro atoms. The van der Waals surface area contributed by atoms with Gasteiger partial charge >= 0.3 is 0 Å². The predicted octanol–water partition coefficient (Wildman–Crippen LogP) is 2.80. The summed E-state index contributed by atoms with van der Waals surface area (Å²) in [5, 5.41) is 3.51. The number of morpholine rings is 1. The van der Waals surface area contributed by atoms with Gasteiger partial charge in [-0.3, -0.25) is 0 Å². The third-order valence-electron chi connectivity index (χ3n) is 3.45. The quantitative estimate of drug-likeness (QED) is 0.903. The van der Waals surface area contributed by atoms with Gasteiger partial charge in [0.2, 0.25) is 0 Å². The average molecular weight is 262 g/mol. The zero-order chi connectivity index (χ0) is 13.8. The topological polar surface area (TPSA) is 24.5 Å². The molecule has 3 heteroatoms. The van der Waals surface area contributed by atoms with E-state index in [1.807, 2.05) is 0 Å². The van der Waals surface area contributed by atoms with Crippen molar-refractivity contribution in [2.75, 3.05) is 18.0 Å². The standard InChI is InChI=1S/C16H26N2O/c1-12(2)17-9-15-7-5-6-8-16(15)18-10-13(3)19-14(4)11-18/h5-8,12-14,17H,9-11H2,1-4H3/t13-,14+. The van der Waals surface area contributed by atoms with Crippen molar-refractivity contribution < 1.29 is 4.74 Å².